The van der Waals surface area contributed by atoms with E-state index in [-0.39, 0.29) is 0 Å². The minimum absolute atomic E-state index is 0.292. The number of nitrogens with one attached hydrogen (secondary N) is 1. The van der Waals surface area contributed by atoms with Crippen molar-refractivity contribution >= 4 is 17.5 Å². The lowest BCUT2D eigenvalue weighted by atomic mass is 9.97. The molecule has 6 nitrogen and oxygen atoms in total. The van der Waals surface area contributed by atoms with Gasteiger partial charge >= 0.3 is 0 Å². The molecule has 3 aromatic carbocycles. The number of aryl methyl sites for hydroxylation is 2. The molecule has 0 spiro atoms. The third-order valence-corrected chi connectivity index (χ3v) is 7.85. The molecule has 0 radical (unpaired) electrons. The van der Waals surface area contributed by atoms with Crippen molar-refractivity contribution in [2.75, 3.05) is 30.9 Å². The van der Waals surface area contributed by atoms with Crippen LogP contribution in [-0.2, 0) is 32.2 Å². The van der Waals surface area contributed by atoms with Crippen LogP contribution in [0.1, 0.15) is 39.9 Å². The van der Waals surface area contributed by atoms with Crippen molar-refractivity contribution in [2.45, 2.75) is 44.7 Å². The Labute approximate surface area is 230 Å². The Morgan fingerprint density at radius 2 is 1.59 bits per heavy atom. The third-order valence-electron chi connectivity index (χ3n) is 7.85. The van der Waals surface area contributed by atoms with Crippen LogP contribution < -0.4 is 15.0 Å². The van der Waals surface area contributed by atoms with Crippen LogP contribution in [0.3, 0.4) is 0 Å². The Hall–Kier alpha value is -4.19. The lowest BCUT2D eigenvalue weighted by Gasteiger charge is -2.32. The van der Waals surface area contributed by atoms with E-state index in [0.29, 0.717) is 12.0 Å². The fourth-order valence-electron chi connectivity index (χ4n) is 5.82. The minimum Gasteiger partial charge on any atom is -0.497 e. The highest BCUT2D eigenvalue weighted by molar-refractivity contribution is 6.07. The van der Waals surface area contributed by atoms with E-state index in [1.807, 2.05) is 19.2 Å². The summed E-state index contributed by atoms with van der Waals surface area (Å²) in [4.78, 5) is 17.4. The Bertz CT molecular complexity index is 1440. The van der Waals surface area contributed by atoms with E-state index < -0.39 is 0 Å². The molecule has 6 heteroatoms. The lowest BCUT2D eigenvalue weighted by molar-refractivity contribution is 0.414. The SMILES string of the molecule is CN=C1CCN(Cc2ccc(OC)cc2)c2nc(NC3Cc4ccccc4C3)nc(CCc3ccccc3)c21. The summed E-state index contributed by atoms with van der Waals surface area (Å²) in [5.41, 5.74) is 8.64. The first-order valence-electron chi connectivity index (χ1n) is 13.8. The van der Waals surface area contributed by atoms with Gasteiger partial charge in [0.15, 0.2) is 0 Å². The van der Waals surface area contributed by atoms with Crippen molar-refractivity contribution in [1.29, 1.82) is 0 Å². The van der Waals surface area contributed by atoms with Gasteiger partial charge in [0.25, 0.3) is 0 Å². The number of aromatic nitrogens is 2. The minimum atomic E-state index is 0.292. The summed E-state index contributed by atoms with van der Waals surface area (Å²) in [6, 6.07) is 28.0. The first kappa shape index (κ1) is 25.1. The lowest BCUT2D eigenvalue weighted by Crippen LogP contribution is -2.35. The number of methoxy groups -OCH3 is 1. The molecule has 0 fully saturated rings. The van der Waals surface area contributed by atoms with E-state index in [1.54, 1.807) is 7.11 Å². The first-order valence-corrected chi connectivity index (χ1v) is 13.8. The second-order valence-corrected chi connectivity index (χ2v) is 10.4. The molecule has 0 atom stereocenters. The highest BCUT2D eigenvalue weighted by Gasteiger charge is 2.29. The Morgan fingerprint density at radius 3 is 2.28 bits per heavy atom. The van der Waals surface area contributed by atoms with Crippen LogP contribution in [0.15, 0.2) is 83.9 Å². The molecular weight excluding hydrogens is 482 g/mol. The summed E-state index contributed by atoms with van der Waals surface area (Å²) < 4.78 is 5.37. The molecule has 2 heterocycles. The van der Waals surface area contributed by atoms with Crippen molar-refractivity contribution < 1.29 is 4.74 Å². The Balaban J connectivity index is 1.35. The van der Waals surface area contributed by atoms with Crippen LogP contribution in [-0.4, -0.2) is 42.4 Å². The van der Waals surface area contributed by atoms with Crippen molar-refractivity contribution in [3.05, 3.63) is 112 Å². The average molecular weight is 518 g/mol. The molecule has 198 valence electrons. The van der Waals surface area contributed by atoms with Gasteiger partial charge in [0.1, 0.15) is 11.6 Å². The molecule has 39 heavy (non-hydrogen) atoms. The predicted octanol–water partition coefficient (Wildman–Crippen LogP) is 5.68. The number of aliphatic imine (C=N–C) groups is 1. The molecule has 0 amide bonds. The van der Waals surface area contributed by atoms with Crippen molar-refractivity contribution in [2.24, 2.45) is 4.99 Å². The van der Waals surface area contributed by atoms with Gasteiger partial charge in [-0.2, -0.15) is 4.98 Å². The summed E-state index contributed by atoms with van der Waals surface area (Å²) in [6.45, 7) is 1.65. The molecule has 0 bridgehead atoms. The van der Waals surface area contributed by atoms with E-state index in [1.165, 1.54) is 22.3 Å². The van der Waals surface area contributed by atoms with Gasteiger partial charge in [0.2, 0.25) is 5.95 Å². The highest BCUT2D eigenvalue weighted by atomic mass is 16.5. The summed E-state index contributed by atoms with van der Waals surface area (Å²) in [5.74, 6) is 2.56. The van der Waals surface area contributed by atoms with Crippen LogP contribution in [0.25, 0.3) is 0 Å². The van der Waals surface area contributed by atoms with Crippen LogP contribution in [0.2, 0.25) is 0 Å². The number of anilines is 2. The zero-order valence-corrected chi connectivity index (χ0v) is 22.7. The maximum absolute atomic E-state index is 5.37. The predicted molar refractivity (Wildman–Crippen MR) is 158 cm³/mol. The average Bonchev–Trinajstić information content (AvgIpc) is 3.39. The molecule has 1 aromatic heterocycles. The normalized spacial score (nSPS) is 15.7. The standard InChI is InChI=1S/C33H35N5O/c1-34-29-18-19-38(22-24-12-15-28(39-2)16-13-24)32-31(29)30(17-14-23-8-4-3-5-9-23)36-33(37-32)35-27-20-25-10-6-7-11-26(25)21-27/h3-13,15-16,27H,14,17-22H2,1-2H3,(H,35,36,37). The Kier molecular flexibility index (Phi) is 7.26. The molecule has 0 unspecified atom stereocenters. The second kappa shape index (κ2) is 11.3. The molecule has 1 aliphatic heterocycles. The van der Waals surface area contributed by atoms with E-state index in [4.69, 9.17) is 19.7 Å². The number of ether oxygens (including phenoxy) is 1. The van der Waals surface area contributed by atoms with Crippen LogP contribution >= 0.6 is 0 Å². The highest BCUT2D eigenvalue weighted by Crippen LogP contribution is 2.32. The van der Waals surface area contributed by atoms with Crippen molar-refractivity contribution in [1.82, 2.24) is 9.97 Å². The van der Waals surface area contributed by atoms with E-state index in [0.717, 1.165) is 73.7 Å². The quantitative estimate of drug-likeness (QED) is 0.326. The topological polar surface area (TPSA) is 62.6 Å². The molecule has 0 saturated heterocycles. The fraction of sp³-hybridized carbons (Fsp3) is 0.303. The van der Waals surface area contributed by atoms with E-state index >= 15 is 0 Å². The van der Waals surface area contributed by atoms with Gasteiger partial charge < -0.3 is 15.0 Å². The zero-order valence-electron chi connectivity index (χ0n) is 22.7. The van der Waals surface area contributed by atoms with Crippen LogP contribution in [0.4, 0.5) is 11.8 Å². The molecule has 2 aliphatic rings. The molecule has 1 aliphatic carbocycles. The molecule has 4 aromatic rings. The molecule has 6 rings (SSSR count). The summed E-state index contributed by atoms with van der Waals surface area (Å²) >= 11 is 0. The number of benzene rings is 3. The van der Waals surface area contributed by atoms with Gasteiger partial charge in [-0.1, -0.05) is 66.7 Å². The Morgan fingerprint density at radius 1 is 0.872 bits per heavy atom. The van der Waals surface area contributed by atoms with Gasteiger partial charge in [0.05, 0.1) is 18.4 Å². The smallest absolute Gasteiger partial charge is 0.225 e. The monoisotopic (exact) mass is 517 g/mol. The molecule has 1 N–H and O–H groups in total. The van der Waals surface area contributed by atoms with Crippen molar-refractivity contribution in [3.8, 4) is 5.75 Å². The maximum atomic E-state index is 5.37. The number of rotatable bonds is 8. The molecular formula is C33H35N5O. The first-order chi connectivity index (χ1) is 19.2. The zero-order chi connectivity index (χ0) is 26.6. The fourth-order valence-corrected chi connectivity index (χ4v) is 5.82. The number of hydrogen-bond acceptors (Lipinski definition) is 6. The number of nitrogens with zero attached hydrogens (tertiary/aromatic N) is 4. The van der Waals surface area contributed by atoms with E-state index in [2.05, 4.69) is 76.9 Å². The van der Waals surface area contributed by atoms with Crippen molar-refractivity contribution in [3.63, 3.8) is 0 Å². The maximum Gasteiger partial charge on any atom is 0.225 e. The summed E-state index contributed by atoms with van der Waals surface area (Å²) in [7, 11) is 3.59. The summed E-state index contributed by atoms with van der Waals surface area (Å²) in [6.07, 6.45) is 4.63. The second-order valence-electron chi connectivity index (χ2n) is 10.4. The van der Waals surface area contributed by atoms with Gasteiger partial charge in [0, 0.05) is 38.3 Å². The van der Waals surface area contributed by atoms with Gasteiger partial charge in [-0.25, -0.2) is 4.98 Å². The van der Waals surface area contributed by atoms with Gasteiger partial charge in [-0.3, -0.25) is 4.99 Å². The largest absolute Gasteiger partial charge is 0.497 e. The summed E-state index contributed by atoms with van der Waals surface area (Å²) in [5, 5.41) is 3.70. The number of fused-ring (bicyclic) bond motifs is 2. The van der Waals surface area contributed by atoms with Gasteiger partial charge in [-0.05, 0) is 60.1 Å². The third kappa shape index (κ3) is 5.51. The molecule has 0 saturated carbocycles. The van der Waals surface area contributed by atoms with Crippen LogP contribution in [0, 0.1) is 0 Å². The van der Waals surface area contributed by atoms with Crippen LogP contribution in [0.5, 0.6) is 5.75 Å². The van der Waals surface area contributed by atoms with Gasteiger partial charge in [-0.15, -0.1) is 0 Å². The number of hydrogen-bond donors (Lipinski definition) is 1. The van der Waals surface area contributed by atoms with E-state index in [9.17, 15) is 0 Å².